The molecule has 0 aromatic rings. The highest BCUT2D eigenvalue weighted by molar-refractivity contribution is 5.86. The van der Waals surface area contributed by atoms with Crippen molar-refractivity contribution in [2.75, 3.05) is 13.2 Å². The maximum absolute atomic E-state index is 10.4. The van der Waals surface area contributed by atoms with Crippen LogP contribution in [-0.4, -0.2) is 39.6 Å². The zero-order chi connectivity index (χ0) is 10.5. The van der Waals surface area contributed by atoms with E-state index in [0.29, 0.717) is 6.26 Å². The number of aliphatic carboxylic acids is 1. The van der Waals surface area contributed by atoms with E-state index in [4.69, 9.17) is 20.4 Å². The summed E-state index contributed by atoms with van der Waals surface area (Å²) < 4.78 is 0. The van der Waals surface area contributed by atoms with Gasteiger partial charge in [-0.25, -0.2) is 4.79 Å². The van der Waals surface area contributed by atoms with E-state index in [0.717, 1.165) is 0 Å². The van der Waals surface area contributed by atoms with Crippen molar-refractivity contribution in [2.45, 2.75) is 13.3 Å². The largest absolute Gasteiger partial charge is 0.515 e. The molecule has 0 unspecified atom stereocenters. The summed E-state index contributed by atoms with van der Waals surface area (Å²) in [6.07, 6.45) is 0.401. The lowest BCUT2D eigenvalue weighted by Crippen LogP contribution is -2.28. The molecule has 0 rings (SSSR count). The summed E-state index contributed by atoms with van der Waals surface area (Å²) in [5.74, 6) is -1.25. The highest BCUT2D eigenvalue weighted by Gasteiger charge is 2.26. The normalized spacial score (nSPS) is 13.0. The average molecular weight is 190 g/mol. The molecular weight excluding hydrogens is 176 g/mol. The summed E-state index contributed by atoms with van der Waals surface area (Å²) in [6.45, 7) is 0.849. The van der Waals surface area contributed by atoms with Crippen molar-refractivity contribution >= 4 is 5.97 Å². The summed E-state index contributed by atoms with van der Waals surface area (Å²) in [6, 6.07) is 0. The Morgan fingerprint density at radius 2 is 1.85 bits per heavy atom. The Hall–Kier alpha value is -1.07. The third-order valence-electron chi connectivity index (χ3n) is 1.81. The van der Waals surface area contributed by atoms with Gasteiger partial charge in [-0.1, -0.05) is 6.92 Å². The number of hydrogen-bond donors (Lipinski definition) is 4. The predicted molar refractivity (Wildman–Crippen MR) is 45.2 cm³/mol. The molecule has 0 aromatic heterocycles. The Morgan fingerprint density at radius 3 is 2.08 bits per heavy atom. The monoisotopic (exact) mass is 190 g/mol. The van der Waals surface area contributed by atoms with Crippen LogP contribution < -0.4 is 0 Å². The molecule has 0 aliphatic rings. The molecule has 0 radical (unpaired) electrons. The van der Waals surface area contributed by atoms with E-state index in [-0.39, 0.29) is 25.2 Å². The Morgan fingerprint density at radius 1 is 1.38 bits per heavy atom. The standard InChI is InChI=1S/C8H14O5/c1-8(4-10,5-11)2-6(3-9)7(12)13/h3,9-11H,2,4-5H2,1H3,(H,12,13). The van der Waals surface area contributed by atoms with Crippen molar-refractivity contribution in [3.63, 3.8) is 0 Å². The average Bonchev–Trinajstić information content (AvgIpc) is 2.13. The van der Waals surface area contributed by atoms with E-state index in [1.165, 1.54) is 6.92 Å². The van der Waals surface area contributed by atoms with Gasteiger partial charge in [-0.15, -0.1) is 0 Å². The first kappa shape index (κ1) is 11.9. The number of carboxylic acids is 1. The van der Waals surface area contributed by atoms with Crippen LogP contribution in [0.5, 0.6) is 0 Å². The highest BCUT2D eigenvalue weighted by Crippen LogP contribution is 2.24. The molecule has 0 fully saturated rings. The fourth-order valence-corrected chi connectivity index (χ4v) is 0.798. The van der Waals surface area contributed by atoms with Crippen LogP contribution in [0.1, 0.15) is 13.3 Å². The molecule has 0 spiro atoms. The number of carbonyl (C=O) groups is 1. The van der Waals surface area contributed by atoms with E-state index in [2.05, 4.69) is 0 Å². The molecule has 0 saturated heterocycles. The number of hydrogen-bond acceptors (Lipinski definition) is 4. The van der Waals surface area contributed by atoms with Crippen molar-refractivity contribution in [1.29, 1.82) is 0 Å². The summed E-state index contributed by atoms with van der Waals surface area (Å²) in [5, 5.41) is 34.8. The van der Waals surface area contributed by atoms with Crippen molar-refractivity contribution in [3.8, 4) is 0 Å². The predicted octanol–water partition coefficient (Wildman–Crippen LogP) is -0.106. The van der Waals surface area contributed by atoms with Gasteiger partial charge >= 0.3 is 5.97 Å². The van der Waals surface area contributed by atoms with Crippen LogP contribution in [0.25, 0.3) is 0 Å². The van der Waals surface area contributed by atoms with Gasteiger partial charge in [0.25, 0.3) is 0 Å². The summed E-state index contributed by atoms with van der Waals surface area (Å²) in [4.78, 5) is 10.4. The van der Waals surface area contributed by atoms with Gasteiger partial charge in [0.1, 0.15) is 0 Å². The van der Waals surface area contributed by atoms with E-state index < -0.39 is 11.4 Å². The lowest BCUT2D eigenvalue weighted by molar-refractivity contribution is -0.133. The quantitative estimate of drug-likeness (QED) is 0.358. The van der Waals surface area contributed by atoms with Crippen molar-refractivity contribution < 1.29 is 25.2 Å². The molecular formula is C8H14O5. The van der Waals surface area contributed by atoms with E-state index >= 15 is 0 Å². The van der Waals surface area contributed by atoms with Gasteiger partial charge in [-0.2, -0.15) is 0 Å². The lowest BCUT2D eigenvalue weighted by atomic mass is 9.85. The summed E-state index contributed by atoms with van der Waals surface area (Å²) in [7, 11) is 0. The lowest BCUT2D eigenvalue weighted by Gasteiger charge is -2.24. The summed E-state index contributed by atoms with van der Waals surface area (Å²) in [5.41, 5.74) is -1.14. The van der Waals surface area contributed by atoms with Gasteiger partial charge in [-0.3, -0.25) is 0 Å². The van der Waals surface area contributed by atoms with E-state index in [1.807, 2.05) is 0 Å². The minimum Gasteiger partial charge on any atom is -0.515 e. The van der Waals surface area contributed by atoms with E-state index in [9.17, 15) is 4.79 Å². The molecule has 0 aliphatic carbocycles. The molecule has 0 saturated carbocycles. The minimum atomic E-state index is -1.25. The van der Waals surface area contributed by atoms with Crippen LogP contribution >= 0.6 is 0 Å². The zero-order valence-electron chi connectivity index (χ0n) is 7.40. The van der Waals surface area contributed by atoms with Gasteiger partial charge in [0.05, 0.1) is 25.0 Å². The summed E-state index contributed by atoms with van der Waals surface area (Å²) >= 11 is 0. The van der Waals surface area contributed by atoms with Gasteiger partial charge in [0.15, 0.2) is 0 Å². The van der Waals surface area contributed by atoms with Gasteiger partial charge in [0.2, 0.25) is 0 Å². The second-order valence-electron chi connectivity index (χ2n) is 3.26. The molecule has 4 N–H and O–H groups in total. The Bertz CT molecular complexity index is 205. The Labute approximate surface area is 75.9 Å². The molecule has 0 amide bonds. The van der Waals surface area contributed by atoms with Crippen LogP contribution in [0.15, 0.2) is 11.8 Å². The van der Waals surface area contributed by atoms with Gasteiger partial charge in [-0.05, 0) is 6.42 Å². The second-order valence-corrected chi connectivity index (χ2v) is 3.26. The maximum atomic E-state index is 10.4. The third-order valence-corrected chi connectivity index (χ3v) is 1.81. The van der Waals surface area contributed by atoms with Gasteiger partial charge in [0, 0.05) is 5.41 Å². The molecule has 0 bridgehead atoms. The third kappa shape index (κ3) is 3.43. The number of carboxylic acid groups (broad SMARTS) is 1. The molecule has 5 heteroatoms. The first-order valence-corrected chi connectivity index (χ1v) is 3.77. The molecule has 13 heavy (non-hydrogen) atoms. The maximum Gasteiger partial charge on any atom is 0.334 e. The fourth-order valence-electron chi connectivity index (χ4n) is 0.798. The zero-order valence-corrected chi connectivity index (χ0v) is 7.40. The number of rotatable bonds is 5. The van der Waals surface area contributed by atoms with Crippen LogP contribution in [-0.2, 0) is 4.79 Å². The fraction of sp³-hybridized carbons (Fsp3) is 0.625. The smallest absolute Gasteiger partial charge is 0.334 e. The molecule has 0 aromatic carbocycles. The number of aliphatic hydroxyl groups is 3. The van der Waals surface area contributed by atoms with Gasteiger partial charge < -0.3 is 20.4 Å². The topological polar surface area (TPSA) is 98.0 Å². The second kappa shape index (κ2) is 4.84. The van der Waals surface area contributed by atoms with Crippen molar-refractivity contribution in [1.82, 2.24) is 0 Å². The van der Waals surface area contributed by atoms with Crippen molar-refractivity contribution in [2.24, 2.45) is 5.41 Å². The van der Waals surface area contributed by atoms with Crippen LogP contribution in [0, 0.1) is 5.41 Å². The number of aliphatic hydroxyl groups excluding tert-OH is 3. The molecule has 76 valence electrons. The van der Waals surface area contributed by atoms with E-state index in [1.54, 1.807) is 0 Å². The molecule has 0 atom stereocenters. The van der Waals surface area contributed by atoms with Crippen molar-refractivity contribution in [3.05, 3.63) is 11.8 Å². The molecule has 0 heterocycles. The molecule has 0 aliphatic heterocycles. The highest BCUT2D eigenvalue weighted by atomic mass is 16.4. The first-order chi connectivity index (χ1) is 5.99. The van der Waals surface area contributed by atoms with Crippen LogP contribution in [0.2, 0.25) is 0 Å². The Balaban J connectivity index is 4.47. The first-order valence-electron chi connectivity index (χ1n) is 3.77. The minimum absolute atomic E-state index is 0.0775. The van der Waals surface area contributed by atoms with Crippen LogP contribution in [0.3, 0.4) is 0 Å². The molecule has 5 nitrogen and oxygen atoms in total. The SMILES string of the molecule is CC(CO)(CO)CC(=CO)C(=O)O. The van der Waals surface area contributed by atoms with Crippen LogP contribution in [0.4, 0.5) is 0 Å². The Kier molecular flexibility index (Phi) is 4.44.